The molecule has 8 nitrogen and oxygen atoms in total. The summed E-state index contributed by atoms with van der Waals surface area (Å²) in [6.07, 6.45) is 3.59. The normalized spacial score (nSPS) is 13.7. The van der Waals surface area contributed by atoms with E-state index in [1.165, 1.54) is 0 Å². The zero-order valence-corrected chi connectivity index (χ0v) is 17.7. The minimum atomic E-state index is -0.156. The number of hydrogen-bond acceptors (Lipinski definition) is 6. The minimum absolute atomic E-state index is 0.127. The van der Waals surface area contributed by atoms with Crippen LogP contribution in [0.2, 0.25) is 0 Å². The lowest BCUT2D eigenvalue weighted by Gasteiger charge is -2.20. The van der Waals surface area contributed by atoms with Crippen molar-refractivity contribution in [3.05, 3.63) is 64.7 Å². The molecule has 0 radical (unpaired) electrons. The van der Waals surface area contributed by atoms with E-state index in [0.29, 0.717) is 41.8 Å². The maximum atomic E-state index is 12.7. The second kappa shape index (κ2) is 8.74. The third kappa shape index (κ3) is 4.16. The molecule has 162 valence electrons. The molecule has 1 aliphatic heterocycles. The molecular weight excluding hydrogens is 404 g/mol. The van der Waals surface area contributed by atoms with E-state index >= 15 is 0 Å². The molecule has 2 aromatic heterocycles. The van der Waals surface area contributed by atoms with Crippen molar-refractivity contribution in [3.8, 4) is 0 Å². The summed E-state index contributed by atoms with van der Waals surface area (Å²) in [6.45, 7) is 1.83. The predicted octanol–water partition coefficient (Wildman–Crippen LogP) is 3.43. The molecule has 1 aliphatic rings. The molecule has 0 saturated carbocycles. The molecule has 8 heteroatoms. The highest BCUT2D eigenvalue weighted by molar-refractivity contribution is 5.94. The number of anilines is 2. The molecule has 4 aromatic rings. The number of fused-ring (bicyclic) bond motifs is 2. The van der Waals surface area contributed by atoms with E-state index in [2.05, 4.69) is 25.2 Å². The fraction of sp³-hybridized carbons (Fsp3) is 0.292. The Kier molecular flexibility index (Phi) is 5.49. The summed E-state index contributed by atoms with van der Waals surface area (Å²) in [5, 5.41) is 3.53. The average Bonchev–Trinajstić information content (AvgIpc) is 3.33. The van der Waals surface area contributed by atoms with E-state index in [4.69, 9.17) is 4.98 Å². The molecule has 0 unspecified atom stereocenters. The molecule has 0 spiro atoms. The van der Waals surface area contributed by atoms with Crippen molar-refractivity contribution in [2.45, 2.75) is 32.1 Å². The first kappa shape index (κ1) is 20.1. The van der Waals surface area contributed by atoms with Crippen LogP contribution in [0.15, 0.2) is 53.3 Å². The van der Waals surface area contributed by atoms with Crippen molar-refractivity contribution in [3.63, 3.8) is 0 Å². The summed E-state index contributed by atoms with van der Waals surface area (Å²) >= 11 is 0. The molecule has 0 atom stereocenters. The molecule has 0 bridgehead atoms. The largest absolute Gasteiger partial charge is 0.354 e. The van der Waals surface area contributed by atoms with Crippen LogP contribution in [0.25, 0.3) is 21.9 Å². The number of aromatic nitrogens is 4. The molecule has 3 heterocycles. The van der Waals surface area contributed by atoms with Crippen LogP contribution in [-0.4, -0.2) is 38.9 Å². The number of H-pyrrole nitrogens is 1. The first-order valence-electron chi connectivity index (χ1n) is 11.0. The number of hydrogen-bond donors (Lipinski definition) is 2. The zero-order valence-electron chi connectivity index (χ0n) is 17.7. The maximum absolute atomic E-state index is 12.7. The highest BCUT2D eigenvalue weighted by Gasteiger charge is 2.20. The maximum Gasteiger partial charge on any atom is 0.258 e. The summed E-state index contributed by atoms with van der Waals surface area (Å²) in [7, 11) is 0. The van der Waals surface area contributed by atoms with E-state index in [1.807, 2.05) is 42.5 Å². The van der Waals surface area contributed by atoms with Crippen molar-refractivity contribution in [2.75, 3.05) is 23.3 Å². The van der Waals surface area contributed by atoms with Gasteiger partial charge in [-0.25, -0.2) is 15.0 Å². The van der Waals surface area contributed by atoms with Gasteiger partial charge in [0.2, 0.25) is 5.91 Å². The number of aryl methyl sites for hydroxylation is 1. The summed E-state index contributed by atoms with van der Waals surface area (Å²) in [6, 6.07) is 14.9. The van der Waals surface area contributed by atoms with Crippen LogP contribution in [0.1, 0.15) is 31.5 Å². The Morgan fingerprint density at radius 3 is 2.41 bits per heavy atom. The fourth-order valence-corrected chi connectivity index (χ4v) is 4.09. The average molecular weight is 428 g/mol. The van der Waals surface area contributed by atoms with Gasteiger partial charge in [-0.1, -0.05) is 24.3 Å². The van der Waals surface area contributed by atoms with Gasteiger partial charge in [0.25, 0.3) is 5.56 Å². The molecule has 2 aromatic carbocycles. The second-order valence-electron chi connectivity index (χ2n) is 8.01. The summed E-state index contributed by atoms with van der Waals surface area (Å²) < 4.78 is 0. The van der Waals surface area contributed by atoms with E-state index in [-0.39, 0.29) is 11.5 Å². The Morgan fingerprint density at radius 2 is 1.62 bits per heavy atom. The van der Waals surface area contributed by atoms with Crippen LogP contribution in [0.5, 0.6) is 0 Å². The predicted molar refractivity (Wildman–Crippen MR) is 125 cm³/mol. The summed E-state index contributed by atoms with van der Waals surface area (Å²) in [4.78, 5) is 43.9. The molecule has 32 heavy (non-hydrogen) atoms. The SMILES string of the molecule is O=C(CCCc1nc2ccccc2c(=O)[nH]1)Nc1nc2ccccc2nc1N1CCCC1. The fourth-order valence-electron chi connectivity index (χ4n) is 4.09. The first-order chi connectivity index (χ1) is 15.7. The Morgan fingerprint density at radius 1 is 0.938 bits per heavy atom. The van der Waals surface area contributed by atoms with E-state index in [9.17, 15) is 9.59 Å². The number of rotatable bonds is 6. The lowest BCUT2D eigenvalue weighted by atomic mass is 10.2. The number of amides is 1. The molecule has 0 aliphatic carbocycles. The Bertz CT molecular complexity index is 1340. The standard InChI is InChI=1S/C24H24N6O2/c31-21(13-7-12-20-25-17-9-2-1-8-16(17)24(32)28-20)29-22-23(30-14-5-6-15-30)27-19-11-4-3-10-18(19)26-22/h1-4,8-11H,5-7,12-15H2,(H,25,28,32)(H,26,29,31). The lowest BCUT2D eigenvalue weighted by molar-refractivity contribution is -0.116. The van der Waals surface area contributed by atoms with Gasteiger partial charge >= 0.3 is 0 Å². The van der Waals surface area contributed by atoms with Crippen molar-refractivity contribution >= 4 is 39.5 Å². The van der Waals surface area contributed by atoms with Crippen LogP contribution < -0.4 is 15.8 Å². The van der Waals surface area contributed by atoms with Crippen LogP contribution in [0.4, 0.5) is 11.6 Å². The van der Waals surface area contributed by atoms with E-state index in [0.717, 1.165) is 42.8 Å². The number of para-hydroxylation sites is 3. The quantitative estimate of drug-likeness (QED) is 0.488. The van der Waals surface area contributed by atoms with Crippen LogP contribution >= 0.6 is 0 Å². The van der Waals surface area contributed by atoms with Crippen molar-refractivity contribution < 1.29 is 4.79 Å². The molecule has 5 rings (SSSR count). The van der Waals surface area contributed by atoms with Crippen LogP contribution in [0.3, 0.4) is 0 Å². The Balaban J connectivity index is 1.29. The summed E-state index contributed by atoms with van der Waals surface area (Å²) in [5.41, 5.74) is 2.08. The zero-order chi connectivity index (χ0) is 21.9. The monoisotopic (exact) mass is 428 g/mol. The van der Waals surface area contributed by atoms with Crippen molar-refractivity contribution in [1.29, 1.82) is 0 Å². The number of carbonyl (C=O) groups is 1. The van der Waals surface area contributed by atoms with Crippen LogP contribution in [0, 0.1) is 0 Å². The molecule has 1 fully saturated rings. The highest BCUT2D eigenvalue weighted by atomic mass is 16.1. The van der Waals surface area contributed by atoms with Crippen molar-refractivity contribution in [1.82, 2.24) is 19.9 Å². The number of benzene rings is 2. The minimum Gasteiger partial charge on any atom is -0.354 e. The van der Waals surface area contributed by atoms with Gasteiger partial charge in [0, 0.05) is 25.9 Å². The van der Waals surface area contributed by atoms with E-state index < -0.39 is 0 Å². The smallest absolute Gasteiger partial charge is 0.258 e. The number of aromatic amines is 1. The van der Waals surface area contributed by atoms with Gasteiger partial charge in [0.05, 0.1) is 21.9 Å². The van der Waals surface area contributed by atoms with Gasteiger partial charge in [-0.3, -0.25) is 9.59 Å². The van der Waals surface area contributed by atoms with Crippen LogP contribution in [-0.2, 0) is 11.2 Å². The molecule has 1 amide bonds. The van der Waals surface area contributed by atoms with Gasteiger partial charge in [0.1, 0.15) is 5.82 Å². The Hall–Kier alpha value is -3.81. The molecule has 2 N–H and O–H groups in total. The van der Waals surface area contributed by atoms with Crippen molar-refractivity contribution in [2.24, 2.45) is 0 Å². The third-order valence-electron chi connectivity index (χ3n) is 5.69. The van der Waals surface area contributed by atoms with Gasteiger partial charge in [0.15, 0.2) is 11.6 Å². The highest BCUT2D eigenvalue weighted by Crippen LogP contribution is 2.28. The number of carbonyl (C=O) groups excluding carboxylic acids is 1. The van der Waals surface area contributed by atoms with Gasteiger partial charge in [-0.2, -0.15) is 0 Å². The second-order valence-corrected chi connectivity index (χ2v) is 8.01. The lowest BCUT2D eigenvalue weighted by Crippen LogP contribution is -2.23. The van der Waals surface area contributed by atoms with Gasteiger partial charge in [-0.15, -0.1) is 0 Å². The number of nitrogens with one attached hydrogen (secondary N) is 2. The first-order valence-corrected chi connectivity index (χ1v) is 11.0. The molecular formula is C24H24N6O2. The Labute approximate surface area is 184 Å². The molecule has 1 saturated heterocycles. The third-order valence-corrected chi connectivity index (χ3v) is 5.69. The number of nitrogens with zero attached hydrogens (tertiary/aromatic N) is 4. The van der Waals surface area contributed by atoms with Gasteiger partial charge < -0.3 is 15.2 Å². The summed E-state index contributed by atoms with van der Waals surface area (Å²) in [5.74, 6) is 1.70. The van der Waals surface area contributed by atoms with Gasteiger partial charge in [-0.05, 0) is 43.5 Å². The topological polar surface area (TPSA) is 104 Å². The van der Waals surface area contributed by atoms with E-state index in [1.54, 1.807) is 6.07 Å².